The van der Waals surface area contributed by atoms with Crippen LogP contribution in [0.15, 0.2) is 70.7 Å². The number of nitrogens with one attached hydrogen (secondary N) is 1. The monoisotopic (exact) mass is 532 g/mol. The molecule has 0 aliphatic carbocycles. The van der Waals surface area contributed by atoms with Crippen molar-refractivity contribution >= 4 is 53.1 Å². The highest BCUT2D eigenvalue weighted by Gasteiger charge is 2.13. The number of thioether (sulfide) groups is 1. The number of aromatic carboxylic acids is 1. The molecule has 0 saturated heterocycles. The lowest BCUT2D eigenvalue weighted by molar-refractivity contribution is -0.118. The number of hydrogen-bond acceptors (Lipinski definition) is 6. The first-order valence-corrected chi connectivity index (χ1v) is 12.2. The molecule has 0 radical (unpaired) electrons. The van der Waals surface area contributed by atoms with Gasteiger partial charge in [-0.3, -0.25) is 4.79 Å². The number of rotatable bonds is 11. The van der Waals surface area contributed by atoms with E-state index in [4.69, 9.17) is 37.8 Å². The van der Waals surface area contributed by atoms with Crippen molar-refractivity contribution in [2.75, 3.05) is 12.4 Å². The number of halogens is 2. The maximum atomic E-state index is 12.1. The third-order valence-corrected chi connectivity index (χ3v) is 6.02. The summed E-state index contributed by atoms with van der Waals surface area (Å²) in [6.07, 6.45) is 1.46. The minimum Gasteiger partial charge on any atom is -0.490 e. The molecule has 0 aromatic heterocycles. The lowest BCUT2D eigenvalue weighted by Gasteiger charge is -2.14. The Kier molecular flexibility index (Phi) is 9.84. The van der Waals surface area contributed by atoms with Gasteiger partial charge in [0.2, 0.25) is 5.91 Å². The Morgan fingerprint density at radius 2 is 1.86 bits per heavy atom. The van der Waals surface area contributed by atoms with E-state index >= 15 is 0 Å². The van der Waals surface area contributed by atoms with Gasteiger partial charge < -0.3 is 14.6 Å². The van der Waals surface area contributed by atoms with E-state index in [1.165, 1.54) is 30.1 Å². The van der Waals surface area contributed by atoms with Crippen molar-refractivity contribution in [2.45, 2.75) is 18.4 Å². The van der Waals surface area contributed by atoms with Gasteiger partial charge in [0, 0.05) is 9.92 Å². The number of carbonyl (C=O) groups is 2. The standard InChI is InChI=1S/C25H22Cl2N2O5S/c1-2-33-22-12-17(13-28-29-23(30)15-35-20-8-6-19(26)7-9-20)11-21(27)24(22)34-14-16-4-3-5-18(10-16)25(31)32/h3-13H,2,14-15H2,1H3,(H,29,30)(H,31,32)/b28-13-. The summed E-state index contributed by atoms with van der Waals surface area (Å²) in [6.45, 7) is 2.31. The van der Waals surface area contributed by atoms with Gasteiger partial charge in [0.05, 0.1) is 29.2 Å². The Morgan fingerprint density at radius 3 is 2.57 bits per heavy atom. The van der Waals surface area contributed by atoms with Crippen LogP contribution in [0.4, 0.5) is 0 Å². The van der Waals surface area contributed by atoms with Crippen molar-refractivity contribution in [1.29, 1.82) is 0 Å². The van der Waals surface area contributed by atoms with Gasteiger partial charge in [-0.05, 0) is 66.6 Å². The lowest BCUT2D eigenvalue weighted by atomic mass is 10.1. The molecule has 0 bridgehead atoms. The van der Waals surface area contributed by atoms with E-state index in [1.807, 2.05) is 19.1 Å². The van der Waals surface area contributed by atoms with Crippen molar-refractivity contribution in [3.63, 3.8) is 0 Å². The molecule has 0 aliphatic heterocycles. The Hall–Kier alpha value is -3.20. The smallest absolute Gasteiger partial charge is 0.335 e. The molecule has 35 heavy (non-hydrogen) atoms. The predicted octanol–water partition coefficient (Wildman–Crippen LogP) is 5.91. The van der Waals surface area contributed by atoms with E-state index in [2.05, 4.69) is 10.5 Å². The summed E-state index contributed by atoms with van der Waals surface area (Å²) in [7, 11) is 0. The van der Waals surface area contributed by atoms with Crippen LogP contribution in [-0.2, 0) is 11.4 Å². The maximum Gasteiger partial charge on any atom is 0.335 e. The number of hydrazone groups is 1. The molecule has 182 valence electrons. The first-order valence-electron chi connectivity index (χ1n) is 10.5. The fourth-order valence-electron chi connectivity index (χ4n) is 2.91. The van der Waals surface area contributed by atoms with Gasteiger partial charge in [0.1, 0.15) is 6.61 Å². The zero-order valence-corrected chi connectivity index (χ0v) is 21.0. The van der Waals surface area contributed by atoms with Crippen LogP contribution in [0.2, 0.25) is 10.0 Å². The van der Waals surface area contributed by atoms with Crippen LogP contribution >= 0.6 is 35.0 Å². The van der Waals surface area contributed by atoms with Gasteiger partial charge in [0.25, 0.3) is 0 Å². The summed E-state index contributed by atoms with van der Waals surface area (Å²) in [4.78, 5) is 24.2. The number of carbonyl (C=O) groups excluding carboxylic acids is 1. The van der Waals surface area contributed by atoms with E-state index < -0.39 is 5.97 Å². The van der Waals surface area contributed by atoms with Crippen LogP contribution in [0.1, 0.15) is 28.4 Å². The van der Waals surface area contributed by atoms with E-state index in [0.29, 0.717) is 34.3 Å². The molecule has 0 unspecified atom stereocenters. The molecule has 0 saturated carbocycles. The van der Waals surface area contributed by atoms with Crippen molar-refractivity contribution in [2.24, 2.45) is 5.10 Å². The highest BCUT2D eigenvalue weighted by molar-refractivity contribution is 8.00. The minimum atomic E-state index is -1.01. The van der Waals surface area contributed by atoms with Crippen molar-refractivity contribution in [3.05, 3.63) is 87.4 Å². The second-order valence-electron chi connectivity index (χ2n) is 7.09. The number of carboxylic acids is 1. The fourth-order valence-corrected chi connectivity index (χ4v) is 4.00. The first-order chi connectivity index (χ1) is 16.9. The summed E-state index contributed by atoms with van der Waals surface area (Å²) < 4.78 is 11.5. The molecule has 1 amide bonds. The SMILES string of the molecule is CCOc1cc(/C=N\NC(=O)CSc2ccc(Cl)cc2)cc(Cl)c1OCc1cccc(C(=O)O)c1. The van der Waals surface area contributed by atoms with Gasteiger partial charge in [0.15, 0.2) is 11.5 Å². The van der Waals surface area contributed by atoms with Crippen molar-refractivity contribution in [3.8, 4) is 11.5 Å². The van der Waals surface area contributed by atoms with Crippen LogP contribution in [0.5, 0.6) is 11.5 Å². The Labute approximate surface area is 217 Å². The van der Waals surface area contributed by atoms with Gasteiger partial charge >= 0.3 is 5.97 Å². The third-order valence-electron chi connectivity index (χ3n) is 4.48. The van der Waals surface area contributed by atoms with Crippen LogP contribution < -0.4 is 14.9 Å². The highest BCUT2D eigenvalue weighted by Crippen LogP contribution is 2.37. The number of benzene rings is 3. The average molecular weight is 533 g/mol. The molecule has 0 aliphatic rings. The summed E-state index contributed by atoms with van der Waals surface area (Å²) in [5, 5.41) is 14.1. The fraction of sp³-hybridized carbons (Fsp3) is 0.160. The molecule has 0 atom stereocenters. The lowest BCUT2D eigenvalue weighted by Crippen LogP contribution is -2.19. The zero-order valence-electron chi connectivity index (χ0n) is 18.7. The van der Waals surface area contributed by atoms with Crippen LogP contribution in [0.3, 0.4) is 0 Å². The van der Waals surface area contributed by atoms with E-state index in [-0.39, 0.29) is 28.9 Å². The molecular formula is C25H22Cl2N2O5S. The molecular weight excluding hydrogens is 511 g/mol. The van der Waals surface area contributed by atoms with Gasteiger partial charge in [-0.2, -0.15) is 5.10 Å². The van der Waals surface area contributed by atoms with Gasteiger partial charge in [-0.1, -0.05) is 35.3 Å². The Bertz CT molecular complexity index is 1220. The molecule has 3 aromatic rings. The summed E-state index contributed by atoms with van der Waals surface area (Å²) in [5.74, 6) is -0.352. The van der Waals surface area contributed by atoms with E-state index in [0.717, 1.165) is 4.90 Å². The number of ether oxygens (including phenoxy) is 2. The molecule has 2 N–H and O–H groups in total. The van der Waals surface area contributed by atoms with Crippen molar-refractivity contribution in [1.82, 2.24) is 5.43 Å². The summed E-state index contributed by atoms with van der Waals surface area (Å²) in [6, 6.07) is 17.0. The average Bonchev–Trinajstić information content (AvgIpc) is 2.83. The Balaban J connectivity index is 1.62. The third kappa shape index (κ3) is 8.20. The Morgan fingerprint density at radius 1 is 1.09 bits per heavy atom. The largest absolute Gasteiger partial charge is 0.490 e. The van der Waals surface area contributed by atoms with Gasteiger partial charge in [-0.25, -0.2) is 10.2 Å². The molecule has 0 spiro atoms. The molecule has 3 rings (SSSR count). The summed E-state index contributed by atoms with van der Waals surface area (Å²) in [5.41, 5.74) is 3.92. The number of hydrogen-bond donors (Lipinski definition) is 2. The van der Waals surface area contributed by atoms with Crippen LogP contribution in [0.25, 0.3) is 0 Å². The normalized spacial score (nSPS) is 10.8. The quantitative estimate of drug-likeness (QED) is 0.181. The number of amides is 1. The second kappa shape index (κ2) is 13.0. The maximum absolute atomic E-state index is 12.1. The van der Waals surface area contributed by atoms with Crippen molar-refractivity contribution < 1.29 is 24.2 Å². The summed E-state index contributed by atoms with van der Waals surface area (Å²) >= 11 is 13.7. The zero-order chi connectivity index (χ0) is 25.2. The topological polar surface area (TPSA) is 97.2 Å². The van der Waals surface area contributed by atoms with Crippen LogP contribution in [-0.4, -0.2) is 35.6 Å². The first kappa shape index (κ1) is 26.4. The molecule has 0 heterocycles. The van der Waals surface area contributed by atoms with E-state index in [9.17, 15) is 9.59 Å². The highest BCUT2D eigenvalue weighted by atomic mass is 35.5. The van der Waals surface area contributed by atoms with E-state index in [1.54, 1.807) is 36.4 Å². The minimum absolute atomic E-state index is 0.107. The van der Waals surface area contributed by atoms with Gasteiger partial charge in [-0.15, -0.1) is 11.8 Å². The number of carboxylic acid groups (broad SMARTS) is 1. The molecule has 0 fully saturated rings. The molecule has 10 heteroatoms. The second-order valence-corrected chi connectivity index (χ2v) is 8.99. The molecule has 7 nitrogen and oxygen atoms in total. The number of nitrogens with zero attached hydrogens (tertiary/aromatic N) is 1. The predicted molar refractivity (Wildman–Crippen MR) is 138 cm³/mol. The van der Waals surface area contributed by atoms with Crippen LogP contribution in [0, 0.1) is 0 Å². The molecule has 3 aromatic carbocycles.